The molecule has 2 aromatic rings. The van der Waals surface area contributed by atoms with Crippen LogP contribution in [0.4, 0.5) is 0 Å². The average molecular weight is 330 g/mol. The summed E-state index contributed by atoms with van der Waals surface area (Å²) in [7, 11) is 1.63. The number of aromatic nitrogens is 1. The van der Waals surface area contributed by atoms with Crippen molar-refractivity contribution in [3.63, 3.8) is 0 Å². The van der Waals surface area contributed by atoms with E-state index in [4.69, 9.17) is 9.84 Å². The number of ether oxygens (including phenoxy) is 1. The zero-order chi connectivity index (χ0) is 17.5. The molecule has 3 rings (SSSR count). The number of carboxylic acid groups (broad SMARTS) is 1. The highest BCUT2D eigenvalue weighted by molar-refractivity contribution is 5.91. The van der Waals surface area contributed by atoms with Crippen LogP contribution in [-0.4, -0.2) is 35.6 Å². The lowest BCUT2D eigenvalue weighted by atomic mass is 10.1. The summed E-state index contributed by atoms with van der Waals surface area (Å²) in [5.74, 6) is -1.32. The number of hydrogen-bond acceptors (Lipinski definition) is 3. The van der Waals surface area contributed by atoms with E-state index in [0.717, 1.165) is 22.2 Å². The molecule has 6 heteroatoms. The van der Waals surface area contributed by atoms with E-state index in [-0.39, 0.29) is 5.91 Å². The van der Waals surface area contributed by atoms with Crippen LogP contribution in [0.1, 0.15) is 19.4 Å². The van der Waals surface area contributed by atoms with Gasteiger partial charge in [0, 0.05) is 23.6 Å². The van der Waals surface area contributed by atoms with Crippen LogP contribution in [-0.2, 0) is 16.0 Å². The molecule has 1 aliphatic rings. The molecule has 128 valence electrons. The molecule has 2 atom stereocenters. The minimum absolute atomic E-state index is 0.176. The first kappa shape index (κ1) is 16.4. The van der Waals surface area contributed by atoms with Gasteiger partial charge in [-0.05, 0) is 35.6 Å². The number of carbonyl (C=O) groups excluding carboxylic acids is 1. The summed E-state index contributed by atoms with van der Waals surface area (Å²) in [6, 6.07) is 5.82. The molecule has 0 radical (unpaired) electrons. The van der Waals surface area contributed by atoms with Gasteiger partial charge in [0.15, 0.2) is 0 Å². The fourth-order valence-electron chi connectivity index (χ4n) is 3.51. The molecule has 6 nitrogen and oxygen atoms in total. The van der Waals surface area contributed by atoms with Crippen LogP contribution in [0.3, 0.4) is 0 Å². The summed E-state index contributed by atoms with van der Waals surface area (Å²) in [6.45, 7) is 4.12. The number of hydrogen-bond donors (Lipinski definition) is 3. The Morgan fingerprint density at radius 2 is 2.08 bits per heavy atom. The molecule has 24 heavy (non-hydrogen) atoms. The number of benzene rings is 1. The molecule has 1 heterocycles. The standard InChI is InChI=1S/C18H22N2O4/c1-18(2)14(15(18)17(22)23)16(21)19-7-6-10-9-20-13-5-4-11(24-3)8-12(10)13/h4-5,8-9,14-15,20H,6-7H2,1-3H3,(H,19,21)(H,22,23)/t14-,15-/m1/s1. The average Bonchev–Trinajstić information content (AvgIpc) is 2.92. The van der Waals surface area contributed by atoms with Crippen molar-refractivity contribution in [1.82, 2.24) is 10.3 Å². The van der Waals surface area contributed by atoms with Gasteiger partial charge in [-0.2, -0.15) is 0 Å². The van der Waals surface area contributed by atoms with E-state index in [1.54, 1.807) is 7.11 Å². The van der Waals surface area contributed by atoms with E-state index >= 15 is 0 Å². The fraction of sp³-hybridized carbons (Fsp3) is 0.444. The monoisotopic (exact) mass is 330 g/mol. The van der Waals surface area contributed by atoms with E-state index < -0.39 is 23.2 Å². The maximum Gasteiger partial charge on any atom is 0.307 e. The zero-order valence-electron chi connectivity index (χ0n) is 14.1. The number of fused-ring (bicyclic) bond motifs is 1. The lowest BCUT2D eigenvalue weighted by molar-refractivity contribution is -0.140. The van der Waals surface area contributed by atoms with Crippen molar-refractivity contribution >= 4 is 22.8 Å². The molecule has 1 aromatic carbocycles. The van der Waals surface area contributed by atoms with Crippen LogP contribution in [0.2, 0.25) is 0 Å². The van der Waals surface area contributed by atoms with Crippen molar-refractivity contribution in [1.29, 1.82) is 0 Å². The highest BCUT2D eigenvalue weighted by Crippen LogP contribution is 2.58. The lowest BCUT2D eigenvalue weighted by Crippen LogP contribution is -2.29. The van der Waals surface area contributed by atoms with Gasteiger partial charge in [-0.15, -0.1) is 0 Å². The summed E-state index contributed by atoms with van der Waals surface area (Å²) in [5, 5.41) is 13.1. The second-order valence-electron chi connectivity index (χ2n) is 6.88. The molecule has 0 aliphatic heterocycles. The maximum absolute atomic E-state index is 12.2. The summed E-state index contributed by atoms with van der Waals surface area (Å²) in [5.41, 5.74) is 1.64. The quantitative estimate of drug-likeness (QED) is 0.757. The van der Waals surface area contributed by atoms with Crippen molar-refractivity contribution < 1.29 is 19.4 Å². The summed E-state index contributed by atoms with van der Waals surface area (Å²) in [6.07, 6.45) is 2.60. The fourth-order valence-corrected chi connectivity index (χ4v) is 3.51. The Morgan fingerprint density at radius 3 is 2.71 bits per heavy atom. The molecule has 0 spiro atoms. The van der Waals surface area contributed by atoms with E-state index in [2.05, 4.69) is 10.3 Å². The predicted octanol–water partition coefficient (Wildman–Crippen LogP) is 2.19. The van der Waals surface area contributed by atoms with E-state index in [1.807, 2.05) is 38.2 Å². The number of carboxylic acids is 1. The van der Waals surface area contributed by atoms with Crippen LogP contribution < -0.4 is 10.1 Å². The molecule has 1 fully saturated rings. The smallest absolute Gasteiger partial charge is 0.307 e. The first-order chi connectivity index (χ1) is 11.4. The third-order valence-electron chi connectivity index (χ3n) is 5.04. The van der Waals surface area contributed by atoms with Crippen LogP contribution in [0, 0.1) is 17.3 Å². The van der Waals surface area contributed by atoms with E-state index in [9.17, 15) is 9.59 Å². The number of nitrogens with one attached hydrogen (secondary N) is 2. The highest BCUT2D eigenvalue weighted by Gasteiger charge is 2.65. The van der Waals surface area contributed by atoms with Crippen molar-refractivity contribution in [2.45, 2.75) is 20.3 Å². The molecule has 3 N–H and O–H groups in total. The largest absolute Gasteiger partial charge is 0.497 e. The Morgan fingerprint density at radius 1 is 1.33 bits per heavy atom. The molecule has 0 saturated heterocycles. The van der Waals surface area contributed by atoms with Crippen LogP contribution in [0.5, 0.6) is 5.75 Å². The normalized spacial score (nSPS) is 21.5. The molecular formula is C18H22N2O4. The Kier molecular flexibility index (Phi) is 3.99. The number of rotatable bonds is 6. The van der Waals surface area contributed by atoms with Gasteiger partial charge in [-0.3, -0.25) is 9.59 Å². The zero-order valence-corrected chi connectivity index (χ0v) is 14.1. The number of carbonyl (C=O) groups is 2. The molecular weight excluding hydrogens is 308 g/mol. The first-order valence-electron chi connectivity index (χ1n) is 8.00. The van der Waals surface area contributed by atoms with E-state index in [0.29, 0.717) is 13.0 Å². The van der Waals surface area contributed by atoms with E-state index in [1.165, 1.54) is 0 Å². The van der Waals surface area contributed by atoms with Gasteiger partial charge in [0.25, 0.3) is 0 Å². The van der Waals surface area contributed by atoms with Crippen molar-refractivity contribution in [3.05, 3.63) is 30.0 Å². The van der Waals surface area contributed by atoms with Gasteiger partial charge in [-0.1, -0.05) is 13.8 Å². The Labute approximate surface area is 140 Å². The Bertz CT molecular complexity index is 793. The number of H-pyrrole nitrogens is 1. The number of aromatic amines is 1. The molecule has 1 amide bonds. The van der Waals surface area contributed by atoms with Gasteiger partial charge in [0.2, 0.25) is 5.91 Å². The minimum atomic E-state index is -0.899. The lowest BCUT2D eigenvalue weighted by Gasteiger charge is -2.06. The van der Waals surface area contributed by atoms with Crippen molar-refractivity contribution in [2.75, 3.05) is 13.7 Å². The second kappa shape index (κ2) is 5.85. The highest BCUT2D eigenvalue weighted by atomic mass is 16.5. The van der Waals surface area contributed by atoms with Crippen LogP contribution in [0.25, 0.3) is 10.9 Å². The molecule has 1 saturated carbocycles. The first-order valence-corrected chi connectivity index (χ1v) is 8.00. The maximum atomic E-state index is 12.2. The van der Waals surface area contributed by atoms with Gasteiger partial charge in [-0.25, -0.2) is 0 Å². The van der Waals surface area contributed by atoms with Gasteiger partial charge >= 0.3 is 5.97 Å². The summed E-state index contributed by atoms with van der Waals surface area (Å²) in [4.78, 5) is 26.6. The molecule has 0 bridgehead atoms. The molecule has 0 unspecified atom stereocenters. The van der Waals surface area contributed by atoms with Gasteiger partial charge < -0.3 is 20.1 Å². The number of aliphatic carboxylic acids is 1. The Balaban J connectivity index is 1.61. The third kappa shape index (κ3) is 2.72. The van der Waals surface area contributed by atoms with Gasteiger partial charge in [0.1, 0.15) is 5.75 Å². The number of methoxy groups -OCH3 is 1. The van der Waals surface area contributed by atoms with Crippen LogP contribution >= 0.6 is 0 Å². The molecule has 1 aromatic heterocycles. The molecule has 1 aliphatic carbocycles. The minimum Gasteiger partial charge on any atom is -0.497 e. The SMILES string of the molecule is COc1ccc2[nH]cc(CCNC(=O)[C@H]3[C@H](C(=O)O)C3(C)C)c2c1. The van der Waals surface area contributed by atoms with Crippen molar-refractivity contribution in [2.24, 2.45) is 17.3 Å². The van der Waals surface area contributed by atoms with Gasteiger partial charge in [0.05, 0.1) is 18.9 Å². The predicted molar refractivity (Wildman–Crippen MR) is 90.0 cm³/mol. The second-order valence-corrected chi connectivity index (χ2v) is 6.88. The topological polar surface area (TPSA) is 91.4 Å². The van der Waals surface area contributed by atoms with Crippen LogP contribution in [0.15, 0.2) is 24.4 Å². The summed E-state index contributed by atoms with van der Waals surface area (Å²) >= 11 is 0. The Hall–Kier alpha value is -2.50. The third-order valence-corrected chi connectivity index (χ3v) is 5.04. The van der Waals surface area contributed by atoms with Crippen molar-refractivity contribution in [3.8, 4) is 5.75 Å². The summed E-state index contributed by atoms with van der Waals surface area (Å²) < 4.78 is 5.25. The number of amides is 1.